The molecule has 2 atom stereocenters. The zero-order valence-electron chi connectivity index (χ0n) is 16.7. The monoisotopic (exact) mass is 436 g/mol. The molecule has 0 spiro atoms. The molecule has 4 bridgehead atoms. The highest BCUT2D eigenvalue weighted by Crippen LogP contribution is 2.63. The van der Waals surface area contributed by atoms with Crippen molar-refractivity contribution in [2.24, 2.45) is 17.3 Å². The van der Waals surface area contributed by atoms with Gasteiger partial charge in [-0.05, 0) is 86.8 Å². The third kappa shape index (κ3) is 3.61. The molecule has 1 aliphatic heterocycles. The van der Waals surface area contributed by atoms with Crippen LogP contribution in [0.25, 0.3) is 0 Å². The van der Waals surface area contributed by atoms with Crippen LogP contribution in [0, 0.1) is 17.3 Å². The Labute approximate surface area is 178 Å². The molecule has 4 saturated carbocycles. The molecule has 4 aliphatic carbocycles. The second-order valence-electron chi connectivity index (χ2n) is 9.93. The first kappa shape index (κ1) is 19.8. The largest absolute Gasteiger partial charge is 0.351 e. The number of carbonyl (C=O) groups is 1. The molecular formula is C22H29ClN2O3S. The maximum Gasteiger partial charge on any atom is 0.251 e. The van der Waals surface area contributed by atoms with Crippen molar-refractivity contribution < 1.29 is 13.2 Å². The second kappa shape index (κ2) is 6.96. The summed E-state index contributed by atoms with van der Waals surface area (Å²) in [5.74, 6) is 1.20. The predicted molar refractivity (Wildman–Crippen MR) is 112 cm³/mol. The van der Waals surface area contributed by atoms with Gasteiger partial charge in [0.1, 0.15) is 0 Å². The van der Waals surface area contributed by atoms with E-state index < -0.39 is 10.0 Å². The van der Waals surface area contributed by atoms with Crippen molar-refractivity contribution in [1.29, 1.82) is 0 Å². The van der Waals surface area contributed by atoms with Crippen LogP contribution in [-0.4, -0.2) is 43.1 Å². The standard InChI is InChI=1S/C22H29ClN2O3S/c23-22-12-16-8-17(13-22)11-21(10-16,14-22)15-24-20(26)18-4-3-5-19(9-18)29(27,28)25-6-1-2-7-25/h3-5,9,16-17H,1-2,6-8,10-15H2,(H,24,26)/t16-,17-,21?,22?/m1/s1. The highest BCUT2D eigenvalue weighted by molar-refractivity contribution is 7.89. The number of carbonyl (C=O) groups excluding carboxylic acids is 1. The van der Waals surface area contributed by atoms with Gasteiger partial charge in [0, 0.05) is 30.1 Å². The van der Waals surface area contributed by atoms with Gasteiger partial charge in [-0.15, -0.1) is 11.6 Å². The topological polar surface area (TPSA) is 66.5 Å². The number of halogens is 1. The van der Waals surface area contributed by atoms with Gasteiger partial charge in [0.25, 0.3) is 5.91 Å². The van der Waals surface area contributed by atoms with Crippen molar-refractivity contribution in [2.45, 2.75) is 61.1 Å². The van der Waals surface area contributed by atoms with Crippen LogP contribution in [0.3, 0.4) is 0 Å². The van der Waals surface area contributed by atoms with Crippen LogP contribution in [0.5, 0.6) is 0 Å². The van der Waals surface area contributed by atoms with Crippen molar-refractivity contribution >= 4 is 27.5 Å². The van der Waals surface area contributed by atoms with E-state index in [1.54, 1.807) is 18.2 Å². The molecule has 0 unspecified atom stereocenters. The molecule has 1 N–H and O–H groups in total. The minimum Gasteiger partial charge on any atom is -0.351 e. The fraction of sp³-hybridized carbons (Fsp3) is 0.682. The Hall–Kier alpha value is -1.11. The maximum absolute atomic E-state index is 12.9. The van der Waals surface area contributed by atoms with E-state index in [1.807, 2.05) is 0 Å². The van der Waals surface area contributed by atoms with Crippen molar-refractivity contribution in [1.82, 2.24) is 9.62 Å². The van der Waals surface area contributed by atoms with Gasteiger partial charge in [0.2, 0.25) is 10.0 Å². The quantitative estimate of drug-likeness (QED) is 0.714. The number of hydrogen-bond acceptors (Lipinski definition) is 3. The van der Waals surface area contributed by atoms with E-state index in [-0.39, 0.29) is 21.1 Å². The van der Waals surface area contributed by atoms with Crippen molar-refractivity contribution in [3.8, 4) is 0 Å². The van der Waals surface area contributed by atoms with Crippen LogP contribution >= 0.6 is 11.6 Å². The SMILES string of the molecule is O=C(NCC12C[C@H]3C[C@@H](CC(Cl)(C3)C1)C2)c1cccc(S(=O)(=O)N2CCCC2)c1. The summed E-state index contributed by atoms with van der Waals surface area (Å²) < 4.78 is 27.1. The number of sulfonamides is 1. The third-order valence-corrected chi connectivity index (χ3v) is 9.87. The van der Waals surface area contributed by atoms with Gasteiger partial charge in [-0.2, -0.15) is 4.31 Å². The average Bonchev–Trinajstić information content (AvgIpc) is 3.20. The van der Waals surface area contributed by atoms with Crippen LogP contribution < -0.4 is 5.32 Å². The van der Waals surface area contributed by atoms with Crippen LogP contribution in [0.1, 0.15) is 61.7 Å². The number of benzene rings is 1. The molecule has 29 heavy (non-hydrogen) atoms. The van der Waals surface area contributed by atoms with Gasteiger partial charge >= 0.3 is 0 Å². The Bertz CT molecular complexity index is 912. The number of amides is 1. The van der Waals surface area contributed by atoms with E-state index in [2.05, 4.69) is 5.32 Å². The number of hydrogen-bond donors (Lipinski definition) is 1. The second-order valence-corrected chi connectivity index (χ2v) is 12.7. The molecule has 5 nitrogen and oxygen atoms in total. The first-order chi connectivity index (χ1) is 13.8. The molecule has 7 heteroatoms. The van der Waals surface area contributed by atoms with E-state index >= 15 is 0 Å². The summed E-state index contributed by atoms with van der Waals surface area (Å²) in [6.45, 7) is 1.75. The molecule has 1 amide bonds. The van der Waals surface area contributed by atoms with Gasteiger partial charge in [-0.25, -0.2) is 8.42 Å². The summed E-state index contributed by atoms with van der Waals surface area (Å²) in [5.41, 5.74) is 0.524. The number of nitrogens with zero attached hydrogens (tertiary/aromatic N) is 1. The maximum atomic E-state index is 12.9. The predicted octanol–water partition coefficient (Wildman–Crippen LogP) is 3.78. The van der Waals surface area contributed by atoms with E-state index in [0.29, 0.717) is 37.0 Å². The smallest absolute Gasteiger partial charge is 0.251 e. The lowest BCUT2D eigenvalue weighted by atomic mass is 9.49. The van der Waals surface area contributed by atoms with E-state index in [4.69, 9.17) is 11.6 Å². The van der Waals surface area contributed by atoms with Crippen molar-refractivity contribution in [3.63, 3.8) is 0 Å². The number of alkyl halides is 1. The summed E-state index contributed by atoms with van der Waals surface area (Å²) in [6, 6.07) is 6.46. The number of rotatable bonds is 5. The van der Waals surface area contributed by atoms with Gasteiger partial charge in [0.15, 0.2) is 0 Å². The summed E-state index contributed by atoms with van der Waals surface area (Å²) in [6.07, 6.45) is 8.62. The fourth-order valence-corrected chi connectivity index (χ4v) is 9.07. The van der Waals surface area contributed by atoms with Crippen LogP contribution in [0.2, 0.25) is 0 Å². The van der Waals surface area contributed by atoms with Gasteiger partial charge in [0.05, 0.1) is 4.90 Å². The molecule has 6 rings (SSSR count). The Kier molecular flexibility index (Phi) is 4.76. The molecule has 5 aliphatic rings. The highest BCUT2D eigenvalue weighted by Gasteiger charge is 2.56. The Morgan fingerprint density at radius 1 is 1.14 bits per heavy atom. The molecule has 158 valence electrons. The lowest BCUT2D eigenvalue weighted by molar-refractivity contribution is -0.0379. The molecule has 0 radical (unpaired) electrons. The summed E-state index contributed by atoms with van der Waals surface area (Å²) >= 11 is 6.90. The van der Waals surface area contributed by atoms with Crippen molar-refractivity contribution in [3.05, 3.63) is 29.8 Å². The van der Waals surface area contributed by atoms with Gasteiger partial charge < -0.3 is 5.32 Å². The zero-order chi connectivity index (χ0) is 20.3. The lowest BCUT2D eigenvalue weighted by Gasteiger charge is -2.60. The summed E-state index contributed by atoms with van der Waals surface area (Å²) in [7, 11) is -3.52. The van der Waals surface area contributed by atoms with Gasteiger partial charge in [-0.3, -0.25) is 4.79 Å². The minimum absolute atomic E-state index is 0.0709. The molecule has 1 saturated heterocycles. The summed E-state index contributed by atoms with van der Waals surface area (Å²) in [4.78, 5) is 13.0. The Morgan fingerprint density at radius 3 is 2.48 bits per heavy atom. The minimum atomic E-state index is -3.52. The van der Waals surface area contributed by atoms with Gasteiger partial charge in [-0.1, -0.05) is 6.07 Å². The molecule has 1 heterocycles. The first-order valence-corrected chi connectivity index (χ1v) is 12.7. The Balaban J connectivity index is 1.30. The van der Waals surface area contributed by atoms with E-state index in [9.17, 15) is 13.2 Å². The molecule has 5 fully saturated rings. The highest BCUT2D eigenvalue weighted by atomic mass is 35.5. The van der Waals surface area contributed by atoms with Crippen molar-refractivity contribution in [2.75, 3.05) is 19.6 Å². The fourth-order valence-electron chi connectivity index (χ4n) is 6.79. The third-order valence-electron chi connectivity index (χ3n) is 7.53. The zero-order valence-corrected chi connectivity index (χ0v) is 18.3. The molecule has 1 aromatic rings. The first-order valence-electron chi connectivity index (χ1n) is 10.8. The normalized spacial score (nSPS) is 36.4. The average molecular weight is 437 g/mol. The summed E-state index contributed by atoms with van der Waals surface area (Å²) in [5, 5.41) is 3.12. The van der Waals surface area contributed by atoms with Crippen LogP contribution in [0.15, 0.2) is 29.2 Å². The molecular weight excluding hydrogens is 408 g/mol. The van der Waals surface area contributed by atoms with E-state index in [0.717, 1.165) is 44.9 Å². The van der Waals surface area contributed by atoms with Crippen LogP contribution in [0.4, 0.5) is 0 Å². The molecule has 1 aromatic carbocycles. The number of nitrogens with one attached hydrogen (secondary N) is 1. The lowest BCUT2D eigenvalue weighted by Crippen LogP contribution is -2.56. The Morgan fingerprint density at radius 2 is 1.83 bits per heavy atom. The van der Waals surface area contributed by atoms with Crippen LogP contribution in [-0.2, 0) is 10.0 Å². The molecule has 0 aromatic heterocycles. The van der Waals surface area contributed by atoms with E-state index in [1.165, 1.54) is 16.8 Å².